The van der Waals surface area contributed by atoms with Crippen molar-refractivity contribution in [1.29, 1.82) is 0 Å². The normalized spacial score (nSPS) is 12.9. The third kappa shape index (κ3) is 2.26. The fourth-order valence-corrected chi connectivity index (χ4v) is 1.18. The van der Waals surface area contributed by atoms with Gasteiger partial charge in [-0.2, -0.15) is 0 Å². The van der Waals surface area contributed by atoms with Crippen molar-refractivity contribution in [2.24, 2.45) is 5.73 Å². The van der Waals surface area contributed by atoms with Crippen molar-refractivity contribution in [2.45, 2.75) is 12.5 Å². The van der Waals surface area contributed by atoms with Crippen LogP contribution in [0.1, 0.15) is 18.0 Å². The molecule has 0 heterocycles. The van der Waals surface area contributed by atoms with Gasteiger partial charge in [-0.05, 0) is 6.42 Å². The maximum absolute atomic E-state index is 13.0. The number of rotatable bonds is 3. The average Bonchev–Trinajstić information content (AvgIpc) is 2.16. The Morgan fingerprint density at radius 1 is 1.07 bits per heavy atom. The first-order chi connectivity index (χ1) is 6.99. The van der Waals surface area contributed by atoms with Crippen molar-refractivity contribution in [3.63, 3.8) is 0 Å². The molecule has 0 saturated carbocycles. The summed E-state index contributed by atoms with van der Waals surface area (Å²) in [7, 11) is 0. The number of benzene rings is 1. The lowest BCUT2D eigenvalue weighted by atomic mass is 10.0. The quantitative estimate of drug-likeness (QED) is 0.621. The molecule has 6 heteroatoms. The molecule has 0 aromatic heterocycles. The highest BCUT2D eigenvalue weighted by atomic mass is 19.2. The van der Waals surface area contributed by atoms with Gasteiger partial charge in [0.15, 0.2) is 23.3 Å². The van der Waals surface area contributed by atoms with Crippen molar-refractivity contribution in [1.82, 2.24) is 0 Å². The Hall–Kier alpha value is -1.17. The van der Waals surface area contributed by atoms with Crippen molar-refractivity contribution in [3.8, 4) is 0 Å². The molecule has 0 unspecified atom stereocenters. The minimum Gasteiger partial charge on any atom is -0.324 e. The summed E-state index contributed by atoms with van der Waals surface area (Å²) in [5.74, 6) is -6.24. The minimum absolute atomic E-state index is 0.0797. The Balaban J connectivity index is 3.26. The topological polar surface area (TPSA) is 26.0 Å². The van der Waals surface area contributed by atoms with E-state index in [2.05, 4.69) is 0 Å². The second-order valence-electron chi connectivity index (χ2n) is 2.97. The Kier molecular flexibility index (Phi) is 3.62. The summed E-state index contributed by atoms with van der Waals surface area (Å²) in [5.41, 5.74) is 4.24. The van der Waals surface area contributed by atoms with Gasteiger partial charge in [-0.15, -0.1) is 0 Å². The molecule has 0 saturated heterocycles. The molecule has 0 amide bonds. The van der Waals surface area contributed by atoms with Crippen LogP contribution in [0.2, 0.25) is 0 Å². The van der Waals surface area contributed by atoms with Gasteiger partial charge >= 0.3 is 0 Å². The molecule has 1 aromatic carbocycles. The van der Waals surface area contributed by atoms with E-state index in [1.807, 2.05) is 0 Å². The first-order valence-corrected chi connectivity index (χ1v) is 4.13. The Labute approximate surface area is 82.7 Å². The molecule has 1 aromatic rings. The van der Waals surface area contributed by atoms with E-state index in [0.717, 1.165) is 0 Å². The maximum Gasteiger partial charge on any atom is 0.166 e. The summed E-state index contributed by atoms with van der Waals surface area (Å²) < 4.78 is 63.3. The zero-order chi connectivity index (χ0) is 11.6. The number of alkyl halides is 1. The molecule has 0 aliphatic rings. The van der Waals surface area contributed by atoms with E-state index in [1.165, 1.54) is 0 Å². The van der Waals surface area contributed by atoms with Crippen LogP contribution in [0, 0.1) is 23.3 Å². The third-order valence-electron chi connectivity index (χ3n) is 1.94. The van der Waals surface area contributed by atoms with E-state index in [0.29, 0.717) is 0 Å². The summed E-state index contributed by atoms with van der Waals surface area (Å²) in [5, 5.41) is 0. The van der Waals surface area contributed by atoms with Gasteiger partial charge in [-0.1, -0.05) is 0 Å². The first kappa shape index (κ1) is 11.9. The summed E-state index contributed by atoms with van der Waals surface area (Å²) in [6.45, 7) is -0.932. The lowest BCUT2D eigenvalue weighted by molar-refractivity contribution is 0.397. The maximum atomic E-state index is 13.0. The zero-order valence-corrected chi connectivity index (χ0v) is 7.54. The molecular formula is C9H8F5N. The highest BCUT2D eigenvalue weighted by Gasteiger charge is 2.23. The van der Waals surface area contributed by atoms with Crippen LogP contribution in [0.5, 0.6) is 0 Å². The third-order valence-corrected chi connectivity index (χ3v) is 1.94. The zero-order valence-electron chi connectivity index (χ0n) is 7.54. The molecule has 0 aliphatic carbocycles. The molecule has 1 atom stereocenters. The molecule has 0 fully saturated rings. The summed E-state index contributed by atoms with van der Waals surface area (Å²) in [6, 6.07) is -1.32. The highest BCUT2D eigenvalue weighted by Crippen LogP contribution is 2.25. The number of nitrogens with two attached hydrogens (primary N) is 1. The van der Waals surface area contributed by atoms with Gasteiger partial charge in [-0.3, -0.25) is 4.39 Å². The number of hydrogen-bond donors (Lipinski definition) is 1. The molecule has 1 nitrogen and oxygen atoms in total. The summed E-state index contributed by atoms with van der Waals surface area (Å²) >= 11 is 0. The lowest BCUT2D eigenvalue weighted by Crippen LogP contribution is -2.17. The second-order valence-corrected chi connectivity index (χ2v) is 2.97. The number of halogens is 5. The van der Waals surface area contributed by atoms with Crippen LogP contribution in [0.15, 0.2) is 6.07 Å². The van der Waals surface area contributed by atoms with Crippen molar-refractivity contribution in [2.75, 3.05) is 6.67 Å². The fourth-order valence-electron chi connectivity index (χ4n) is 1.18. The van der Waals surface area contributed by atoms with Gasteiger partial charge in [0.25, 0.3) is 0 Å². The standard InChI is InChI=1S/C9H8F5N/c10-2-1-6(15)7-8(13)4(11)3-5(12)9(7)14/h3,6H,1-2,15H2/t6-/m1/s1. The fraction of sp³-hybridized carbons (Fsp3) is 0.333. The van der Waals surface area contributed by atoms with E-state index < -0.39 is 48.0 Å². The van der Waals surface area contributed by atoms with Gasteiger partial charge in [0.05, 0.1) is 6.67 Å². The predicted octanol–water partition coefficient (Wildman–Crippen LogP) is 2.60. The molecule has 0 spiro atoms. The van der Waals surface area contributed by atoms with E-state index >= 15 is 0 Å². The second kappa shape index (κ2) is 4.57. The van der Waals surface area contributed by atoms with E-state index in [-0.39, 0.29) is 6.07 Å². The first-order valence-electron chi connectivity index (χ1n) is 4.13. The molecule has 15 heavy (non-hydrogen) atoms. The molecule has 2 N–H and O–H groups in total. The SMILES string of the molecule is N[C@H](CCF)c1c(F)c(F)cc(F)c1F. The van der Waals surface area contributed by atoms with E-state index in [4.69, 9.17) is 5.73 Å². The smallest absolute Gasteiger partial charge is 0.166 e. The van der Waals surface area contributed by atoms with Crippen molar-refractivity contribution in [3.05, 3.63) is 34.9 Å². The van der Waals surface area contributed by atoms with Crippen LogP contribution in [-0.2, 0) is 0 Å². The Morgan fingerprint density at radius 2 is 1.53 bits per heavy atom. The van der Waals surface area contributed by atoms with Gasteiger partial charge in [0.1, 0.15) is 0 Å². The average molecular weight is 225 g/mol. The number of hydrogen-bond acceptors (Lipinski definition) is 1. The molecule has 0 bridgehead atoms. The predicted molar refractivity (Wildman–Crippen MR) is 43.8 cm³/mol. The molecular weight excluding hydrogens is 217 g/mol. The molecule has 0 aliphatic heterocycles. The summed E-state index contributed by atoms with van der Waals surface area (Å²) in [4.78, 5) is 0. The molecule has 84 valence electrons. The van der Waals surface area contributed by atoms with E-state index in [9.17, 15) is 22.0 Å². The lowest BCUT2D eigenvalue weighted by Gasteiger charge is -2.12. The van der Waals surface area contributed by atoms with Gasteiger partial charge in [0, 0.05) is 17.7 Å². The van der Waals surface area contributed by atoms with Crippen molar-refractivity contribution < 1.29 is 22.0 Å². The highest BCUT2D eigenvalue weighted by molar-refractivity contribution is 5.25. The molecule has 1 rings (SSSR count). The van der Waals surface area contributed by atoms with Crippen LogP contribution in [0.25, 0.3) is 0 Å². The van der Waals surface area contributed by atoms with Crippen LogP contribution in [0.4, 0.5) is 22.0 Å². The van der Waals surface area contributed by atoms with Gasteiger partial charge < -0.3 is 5.73 Å². The van der Waals surface area contributed by atoms with Gasteiger partial charge in [-0.25, -0.2) is 17.6 Å². The van der Waals surface area contributed by atoms with E-state index in [1.54, 1.807) is 0 Å². The van der Waals surface area contributed by atoms with Gasteiger partial charge in [0.2, 0.25) is 0 Å². The Morgan fingerprint density at radius 3 is 1.93 bits per heavy atom. The van der Waals surface area contributed by atoms with Crippen LogP contribution < -0.4 is 5.73 Å². The minimum atomic E-state index is -1.57. The summed E-state index contributed by atoms with van der Waals surface area (Å²) in [6.07, 6.45) is -0.406. The largest absolute Gasteiger partial charge is 0.324 e. The van der Waals surface area contributed by atoms with Crippen LogP contribution in [-0.4, -0.2) is 6.67 Å². The Bertz CT molecular complexity index is 340. The van der Waals surface area contributed by atoms with Crippen molar-refractivity contribution >= 4 is 0 Å². The van der Waals surface area contributed by atoms with Crippen LogP contribution >= 0.6 is 0 Å². The van der Waals surface area contributed by atoms with Crippen LogP contribution in [0.3, 0.4) is 0 Å². The molecule has 0 radical (unpaired) electrons. The monoisotopic (exact) mass is 225 g/mol.